The Kier molecular flexibility index (Phi) is 12.8. The van der Waals surface area contributed by atoms with Crippen LogP contribution in [-0.2, 0) is 0 Å². The summed E-state index contributed by atoms with van der Waals surface area (Å²) in [6, 6.07) is 11.4. The van der Waals surface area contributed by atoms with E-state index in [4.69, 9.17) is 0 Å². The molecule has 5 nitrogen and oxygen atoms in total. The zero-order valence-corrected chi connectivity index (χ0v) is 19.1. The normalized spacial score (nSPS) is 14.0. The molecule has 1 aliphatic carbocycles. The fourth-order valence-corrected chi connectivity index (χ4v) is 3.85. The summed E-state index contributed by atoms with van der Waals surface area (Å²) in [6.45, 7) is 3.73. The monoisotopic (exact) mass is 455 g/mol. The predicted molar refractivity (Wildman–Crippen MR) is 129 cm³/mol. The van der Waals surface area contributed by atoms with Crippen LogP contribution in [0.3, 0.4) is 0 Å². The quantitative estimate of drug-likeness (QED) is 0.400. The Labute approximate surface area is 192 Å². The maximum absolute atomic E-state index is 12.3. The summed E-state index contributed by atoms with van der Waals surface area (Å²) in [4.78, 5) is 12.3. The molecule has 30 heavy (non-hydrogen) atoms. The zero-order chi connectivity index (χ0) is 19.6. The molecule has 7 heteroatoms. The summed E-state index contributed by atoms with van der Waals surface area (Å²) in [6.07, 6.45) is 8.84. The molecule has 0 unspecified atom stereocenters. The van der Waals surface area contributed by atoms with E-state index in [1.807, 2.05) is 18.2 Å². The summed E-state index contributed by atoms with van der Waals surface area (Å²) < 4.78 is 0. The SMILES string of the molecule is Cl.Cl.O=C(NCCCCNCCNC1CCCCC1)c1ccc2cc(O)ccc2c1. The minimum absolute atomic E-state index is 0. The molecule has 3 rings (SSSR count). The van der Waals surface area contributed by atoms with Crippen LogP contribution < -0.4 is 16.0 Å². The van der Waals surface area contributed by atoms with Gasteiger partial charge in [0.2, 0.25) is 0 Å². The number of phenols is 1. The van der Waals surface area contributed by atoms with E-state index >= 15 is 0 Å². The molecule has 1 amide bonds. The van der Waals surface area contributed by atoms with E-state index in [1.54, 1.807) is 18.2 Å². The van der Waals surface area contributed by atoms with Crippen LogP contribution in [0.2, 0.25) is 0 Å². The highest BCUT2D eigenvalue weighted by Crippen LogP contribution is 2.21. The van der Waals surface area contributed by atoms with Gasteiger partial charge in [0.1, 0.15) is 5.75 Å². The molecule has 1 fully saturated rings. The van der Waals surface area contributed by atoms with Crippen molar-refractivity contribution in [3.05, 3.63) is 42.0 Å². The van der Waals surface area contributed by atoms with Crippen molar-refractivity contribution in [3.8, 4) is 5.75 Å². The third-order valence-electron chi connectivity index (χ3n) is 5.49. The summed E-state index contributed by atoms with van der Waals surface area (Å²) in [5.41, 5.74) is 0.658. The fourth-order valence-electron chi connectivity index (χ4n) is 3.85. The minimum Gasteiger partial charge on any atom is -0.508 e. The number of benzene rings is 2. The maximum Gasteiger partial charge on any atom is 0.251 e. The topological polar surface area (TPSA) is 73.4 Å². The maximum atomic E-state index is 12.3. The largest absolute Gasteiger partial charge is 0.508 e. The summed E-state index contributed by atoms with van der Waals surface area (Å²) in [7, 11) is 0. The average Bonchev–Trinajstić information content (AvgIpc) is 2.72. The van der Waals surface area contributed by atoms with Gasteiger partial charge in [-0.25, -0.2) is 0 Å². The molecule has 0 spiro atoms. The third kappa shape index (κ3) is 8.68. The molecule has 0 aliphatic heterocycles. The van der Waals surface area contributed by atoms with Gasteiger partial charge in [0.05, 0.1) is 0 Å². The van der Waals surface area contributed by atoms with Crippen molar-refractivity contribution in [1.82, 2.24) is 16.0 Å². The molecule has 168 valence electrons. The Hall–Kier alpha value is -1.53. The number of carbonyl (C=O) groups excluding carboxylic acids is 1. The van der Waals surface area contributed by atoms with Crippen LogP contribution in [0.15, 0.2) is 36.4 Å². The number of amides is 1. The van der Waals surface area contributed by atoms with Gasteiger partial charge in [0.15, 0.2) is 0 Å². The molecule has 2 aromatic carbocycles. The number of fused-ring (bicyclic) bond motifs is 1. The van der Waals surface area contributed by atoms with Crippen molar-refractivity contribution in [1.29, 1.82) is 0 Å². The number of rotatable bonds is 10. The molecule has 0 aromatic heterocycles. The Morgan fingerprint density at radius 2 is 1.57 bits per heavy atom. The van der Waals surface area contributed by atoms with E-state index < -0.39 is 0 Å². The molecule has 1 saturated carbocycles. The third-order valence-corrected chi connectivity index (χ3v) is 5.49. The van der Waals surface area contributed by atoms with Gasteiger partial charge in [-0.15, -0.1) is 24.8 Å². The molecule has 0 bridgehead atoms. The molecule has 0 atom stereocenters. The van der Waals surface area contributed by atoms with Crippen molar-refractivity contribution in [2.24, 2.45) is 0 Å². The van der Waals surface area contributed by atoms with Gasteiger partial charge in [0, 0.05) is 31.2 Å². The highest BCUT2D eigenvalue weighted by molar-refractivity contribution is 5.98. The van der Waals surface area contributed by atoms with Crippen LogP contribution in [-0.4, -0.2) is 43.2 Å². The van der Waals surface area contributed by atoms with Crippen molar-refractivity contribution in [2.75, 3.05) is 26.2 Å². The average molecular weight is 456 g/mol. The standard InChI is InChI=1S/C23H33N3O2.2ClH/c27-22-11-10-18-16-20(9-8-19(18)17-22)23(28)26-13-5-4-12-24-14-15-25-21-6-2-1-3-7-21;;/h8-11,16-17,21,24-25,27H,1-7,12-15H2,(H,26,28);2*1H. The lowest BCUT2D eigenvalue weighted by molar-refractivity contribution is 0.0953. The lowest BCUT2D eigenvalue weighted by Crippen LogP contribution is -2.36. The first kappa shape index (κ1) is 26.5. The van der Waals surface area contributed by atoms with Gasteiger partial charge >= 0.3 is 0 Å². The molecule has 2 aromatic rings. The second-order valence-electron chi connectivity index (χ2n) is 7.75. The number of unbranched alkanes of at least 4 members (excludes halogenated alkanes) is 1. The highest BCUT2D eigenvalue weighted by atomic mass is 35.5. The van der Waals surface area contributed by atoms with Crippen molar-refractivity contribution in [3.63, 3.8) is 0 Å². The van der Waals surface area contributed by atoms with E-state index in [9.17, 15) is 9.90 Å². The molecule has 4 N–H and O–H groups in total. The number of carbonyl (C=O) groups is 1. The molecule has 0 heterocycles. The first-order chi connectivity index (χ1) is 13.7. The van der Waals surface area contributed by atoms with Gasteiger partial charge < -0.3 is 21.1 Å². The van der Waals surface area contributed by atoms with Crippen LogP contribution in [0.25, 0.3) is 10.8 Å². The lowest BCUT2D eigenvalue weighted by atomic mass is 9.95. The van der Waals surface area contributed by atoms with E-state index in [0.29, 0.717) is 12.1 Å². The number of aromatic hydroxyl groups is 1. The van der Waals surface area contributed by atoms with Crippen LogP contribution >= 0.6 is 24.8 Å². The van der Waals surface area contributed by atoms with E-state index in [-0.39, 0.29) is 36.5 Å². The van der Waals surface area contributed by atoms with Gasteiger partial charge in [-0.1, -0.05) is 31.4 Å². The number of halogens is 2. The first-order valence-corrected chi connectivity index (χ1v) is 10.7. The number of hydrogen-bond donors (Lipinski definition) is 4. The van der Waals surface area contributed by atoms with Crippen LogP contribution in [0, 0.1) is 0 Å². The van der Waals surface area contributed by atoms with Gasteiger partial charge in [-0.05, 0) is 67.3 Å². The van der Waals surface area contributed by atoms with Crippen molar-refractivity contribution in [2.45, 2.75) is 51.0 Å². The Balaban J connectivity index is 0.00000225. The van der Waals surface area contributed by atoms with E-state index in [0.717, 1.165) is 49.3 Å². The van der Waals surface area contributed by atoms with Crippen LogP contribution in [0.5, 0.6) is 5.75 Å². The number of hydrogen-bond acceptors (Lipinski definition) is 4. The molecule has 1 aliphatic rings. The molecule has 0 saturated heterocycles. The number of phenolic OH excluding ortho intramolecular Hbond substituents is 1. The van der Waals surface area contributed by atoms with Crippen LogP contribution in [0.4, 0.5) is 0 Å². The van der Waals surface area contributed by atoms with E-state index in [2.05, 4.69) is 16.0 Å². The van der Waals surface area contributed by atoms with Gasteiger partial charge in [-0.2, -0.15) is 0 Å². The predicted octanol–water partition coefficient (Wildman–Crippen LogP) is 4.41. The van der Waals surface area contributed by atoms with Crippen molar-refractivity contribution < 1.29 is 9.90 Å². The van der Waals surface area contributed by atoms with Gasteiger partial charge in [0.25, 0.3) is 5.91 Å². The Bertz CT molecular complexity index is 767. The van der Waals surface area contributed by atoms with Crippen molar-refractivity contribution >= 4 is 41.5 Å². The van der Waals surface area contributed by atoms with E-state index in [1.165, 1.54) is 32.1 Å². The molecular formula is C23H35Cl2N3O2. The summed E-state index contributed by atoms with van der Waals surface area (Å²) in [5.74, 6) is 0.197. The Morgan fingerprint density at radius 1 is 0.867 bits per heavy atom. The van der Waals surface area contributed by atoms with Gasteiger partial charge in [-0.3, -0.25) is 4.79 Å². The second-order valence-corrected chi connectivity index (χ2v) is 7.75. The fraction of sp³-hybridized carbons (Fsp3) is 0.522. The first-order valence-electron chi connectivity index (χ1n) is 10.7. The highest BCUT2D eigenvalue weighted by Gasteiger charge is 2.11. The smallest absolute Gasteiger partial charge is 0.251 e. The summed E-state index contributed by atoms with van der Waals surface area (Å²) >= 11 is 0. The molecular weight excluding hydrogens is 421 g/mol. The lowest BCUT2D eigenvalue weighted by Gasteiger charge is -2.22. The second kappa shape index (κ2) is 14.5. The van der Waals surface area contributed by atoms with Crippen LogP contribution in [0.1, 0.15) is 55.3 Å². The minimum atomic E-state index is -0.0420. The Morgan fingerprint density at radius 3 is 2.37 bits per heavy atom. The summed E-state index contributed by atoms with van der Waals surface area (Å²) in [5, 5.41) is 21.5. The number of nitrogens with one attached hydrogen (secondary N) is 3. The molecule has 0 radical (unpaired) electrons. The zero-order valence-electron chi connectivity index (χ0n) is 17.5.